The van der Waals surface area contributed by atoms with Crippen molar-refractivity contribution in [1.29, 1.82) is 0 Å². The van der Waals surface area contributed by atoms with E-state index in [2.05, 4.69) is 24.1 Å². The van der Waals surface area contributed by atoms with Crippen LogP contribution in [0.5, 0.6) is 0 Å². The van der Waals surface area contributed by atoms with Crippen LogP contribution in [-0.2, 0) is 16.0 Å². The molecule has 0 radical (unpaired) electrons. The van der Waals surface area contributed by atoms with E-state index in [-0.39, 0.29) is 18.2 Å². The summed E-state index contributed by atoms with van der Waals surface area (Å²) in [7, 11) is 0. The van der Waals surface area contributed by atoms with Gasteiger partial charge in [-0.25, -0.2) is 4.98 Å². The van der Waals surface area contributed by atoms with Gasteiger partial charge in [0.2, 0.25) is 5.91 Å². The Morgan fingerprint density at radius 1 is 1.19 bits per heavy atom. The van der Waals surface area contributed by atoms with Gasteiger partial charge in [0.25, 0.3) is 5.91 Å². The number of nitrogens with zero attached hydrogens (tertiary/aromatic N) is 3. The molecule has 0 spiro atoms. The number of pyridine rings is 2. The standard InChI is InChI=1S/C25H28N4O3/c1-17(2)15-27-25(31)20-14-22(28-21-9-4-3-8-19(20)21)23-16-29(11-12-32-23)24(30)13-18-7-5-6-10-26-18/h3-10,14,17,23H,11-13,15-16H2,1-2H3,(H,27,31)/t23-/m1/s1. The summed E-state index contributed by atoms with van der Waals surface area (Å²) in [5.74, 6) is 0.233. The predicted molar refractivity (Wildman–Crippen MR) is 122 cm³/mol. The average Bonchev–Trinajstić information content (AvgIpc) is 2.82. The maximum absolute atomic E-state index is 12.9. The summed E-state index contributed by atoms with van der Waals surface area (Å²) < 4.78 is 5.97. The summed E-state index contributed by atoms with van der Waals surface area (Å²) in [5, 5.41) is 3.80. The van der Waals surface area contributed by atoms with Gasteiger partial charge in [0, 0.05) is 30.4 Å². The molecule has 0 bridgehead atoms. The van der Waals surface area contributed by atoms with Crippen LogP contribution in [0.25, 0.3) is 10.9 Å². The third kappa shape index (κ3) is 5.11. The molecule has 32 heavy (non-hydrogen) atoms. The summed E-state index contributed by atoms with van der Waals surface area (Å²) in [6, 6.07) is 15.0. The summed E-state index contributed by atoms with van der Waals surface area (Å²) >= 11 is 0. The second kappa shape index (κ2) is 9.87. The van der Waals surface area contributed by atoms with E-state index < -0.39 is 6.10 Å². The molecule has 1 aromatic carbocycles. The van der Waals surface area contributed by atoms with Crippen LogP contribution in [0.15, 0.2) is 54.7 Å². The fourth-order valence-electron chi connectivity index (χ4n) is 3.76. The van der Waals surface area contributed by atoms with E-state index in [9.17, 15) is 9.59 Å². The van der Waals surface area contributed by atoms with Crippen molar-refractivity contribution in [3.8, 4) is 0 Å². The Kier molecular flexibility index (Phi) is 6.75. The molecule has 2 amide bonds. The number of nitrogens with one attached hydrogen (secondary N) is 1. The highest BCUT2D eigenvalue weighted by Gasteiger charge is 2.28. The van der Waals surface area contributed by atoms with Crippen molar-refractivity contribution in [3.05, 3.63) is 71.7 Å². The number of carbonyl (C=O) groups excluding carboxylic acids is 2. The van der Waals surface area contributed by atoms with Gasteiger partial charge in [-0.2, -0.15) is 0 Å². The van der Waals surface area contributed by atoms with Crippen molar-refractivity contribution < 1.29 is 14.3 Å². The van der Waals surface area contributed by atoms with Gasteiger partial charge in [0.05, 0.1) is 36.3 Å². The summed E-state index contributed by atoms with van der Waals surface area (Å²) in [6.07, 6.45) is 1.55. The fraction of sp³-hybridized carbons (Fsp3) is 0.360. The number of carbonyl (C=O) groups is 2. The molecule has 7 nitrogen and oxygen atoms in total. The number of amides is 2. The molecule has 1 aliphatic rings. The highest BCUT2D eigenvalue weighted by Crippen LogP contribution is 2.26. The molecule has 0 saturated carbocycles. The molecular weight excluding hydrogens is 404 g/mol. The molecule has 3 heterocycles. The van der Waals surface area contributed by atoms with Gasteiger partial charge in [-0.05, 0) is 30.2 Å². The minimum Gasteiger partial charge on any atom is -0.368 e. The van der Waals surface area contributed by atoms with Gasteiger partial charge >= 0.3 is 0 Å². The van der Waals surface area contributed by atoms with Crippen LogP contribution in [-0.4, -0.2) is 52.9 Å². The van der Waals surface area contributed by atoms with Crippen molar-refractivity contribution in [1.82, 2.24) is 20.2 Å². The molecule has 1 aliphatic heterocycles. The number of fused-ring (bicyclic) bond motifs is 1. The molecule has 0 unspecified atom stereocenters. The molecule has 7 heteroatoms. The molecule has 4 rings (SSSR count). The van der Waals surface area contributed by atoms with Gasteiger partial charge in [0.15, 0.2) is 0 Å². The number of rotatable bonds is 6. The normalized spacial score (nSPS) is 16.3. The lowest BCUT2D eigenvalue weighted by Crippen LogP contribution is -2.43. The lowest BCUT2D eigenvalue weighted by molar-refractivity contribution is -0.138. The van der Waals surface area contributed by atoms with E-state index >= 15 is 0 Å². The van der Waals surface area contributed by atoms with Crippen LogP contribution in [0, 0.1) is 5.92 Å². The first-order valence-electron chi connectivity index (χ1n) is 11.0. The lowest BCUT2D eigenvalue weighted by atomic mass is 10.0. The zero-order valence-corrected chi connectivity index (χ0v) is 18.5. The van der Waals surface area contributed by atoms with E-state index in [1.165, 1.54) is 0 Å². The van der Waals surface area contributed by atoms with Crippen LogP contribution >= 0.6 is 0 Å². The van der Waals surface area contributed by atoms with Gasteiger partial charge < -0.3 is 15.0 Å². The van der Waals surface area contributed by atoms with E-state index in [0.717, 1.165) is 16.6 Å². The second-order valence-corrected chi connectivity index (χ2v) is 8.41. The van der Waals surface area contributed by atoms with Gasteiger partial charge in [-0.15, -0.1) is 0 Å². The van der Waals surface area contributed by atoms with E-state index in [0.29, 0.717) is 43.4 Å². The van der Waals surface area contributed by atoms with Crippen molar-refractivity contribution in [2.45, 2.75) is 26.4 Å². The smallest absolute Gasteiger partial charge is 0.252 e. The largest absolute Gasteiger partial charge is 0.368 e. The molecular formula is C25H28N4O3. The maximum atomic E-state index is 12.9. The number of ether oxygens (including phenoxy) is 1. The van der Waals surface area contributed by atoms with Crippen LogP contribution in [0.2, 0.25) is 0 Å². The highest BCUT2D eigenvalue weighted by atomic mass is 16.5. The van der Waals surface area contributed by atoms with Gasteiger partial charge in [0.1, 0.15) is 6.10 Å². The van der Waals surface area contributed by atoms with Crippen molar-refractivity contribution in [3.63, 3.8) is 0 Å². The first-order valence-corrected chi connectivity index (χ1v) is 11.0. The molecule has 1 fully saturated rings. The summed E-state index contributed by atoms with van der Waals surface area (Å²) in [4.78, 5) is 36.5. The highest BCUT2D eigenvalue weighted by molar-refractivity contribution is 6.06. The molecule has 166 valence electrons. The molecule has 1 saturated heterocycles. The van der Waals surface area contributed by atoms with E-state index in [4.69, 9.17) is 9.72 Å². The van der Waals surface area contributed by atoms with E-state index in [1.54, 1.807) is 17.2 Å². The zero-order chi connectivity index (χ0) is 22.5. The van der Waals surface area contributed by atoms with Crippen molar-refractivity contribution in [2.75, 3.05) is 26.2 Å². The minimum atomic E-state index is -0.391. The number of hydrogen-bond donors (Lipinski definition) is 1. The van der Waals surface area contributed by atoms with Crippen LogP contribution in [0.1, 0.15) is 41.7 Å². The molecule has 3 aromatic rings. The number of hydrogen-bond acceptors (Lipinski definition) is 5. The SMILES string of the molecule is CC(C)CNC(=O)c1cc([C@H]2CN(C(=O)Cc3ccccn3)CCO2)nc2ccccc12. The fourth-order valence-corrected chi connectivity index (χ4v) is 3.76. The number of aromatic nitrogens is 2. The second-order valence-electron chi connectivity index (χ2n) is 8.41. The van der Waals surface area contributed by atoms with Crippen molar-refractivity contribution in [2.24, 2.45) is 5.92 Å². The topological polar surface area (TPSA) is 84.4 Å². The lowest BCUT2D eigenvalue weighted by Gasteiger charge is -2.33. The predicted octanol–water partition coefficient (Wildman–Crippen LogP) is 3.16. The molecule has 0 aliphatic carbocycles. The quantitative estimate of drug-likeness (QED) is 0.647. The van der Waals surface area contributed by atoms with Gasteiger partial charge in [-0.3, -0.25) is 14.6 Å². The Hall–Kier alpha value is -3.32. The molecule has 1 N–H and O–H groups in total. The molecule has 2 aromatic heterocycles. The minimum absolute atomic E-state index is 0.00712. The number of morpholine rings is 1. The third-order valence-corrected chi connectivity index (χ3v) is 5.46. The van der Waals surface area contributed by atoms with E-state index in [1.807, 2.05) is 42.5 Å². The van der Waals surface area contributed by atoms with Crippen LogP contribution in [0.4, 0.5) is 0 Å². The Morgan fingerprint density at radius 2 is 2.00 bits per heavy atom. The Labute approximate surface area is 187 Å². The maximum Gasteiger partial charge on any atom is 0.252 e. The summed E-state index contributed by atoms with van der Waals surface area (Å²) in [5.41, 5.74) is 2.72. The third-order valence-electron chi connectivity index (χ3n) is 5.46. The Balaban J connectivity index is 1.57. The molecule has 1 atom stereocenters. The van der Waals surface area contributed by atoms with Crippen LogP contribution in [0.3, 0.4) is 0 Å². The van der Waals surface area contributed by atoms with Crippen molar-refractivity contribution >= 4 is 22.7 Å². The summed E-state index contributed by atoms with van der Waals surface area (Å²) in [6.45, 7) is 6.05. The number of benzene rings is 1. The van der Waals surface area contributed by atoms with Gasteiger partial charge in [-0.1, -0.05) is 38.1 Å². The Bertz CT molecular complexity index is 1100. The number of para-hydroxylation sites is 1. The average molecular weight is 433 g/mol. The first-order chi connectivity index (χ1) is 15.5. The van der Waals surface area contributed by atoms with Crippen LogP contribution < -0.4 is 5.32 Å². The Morgan fingerprint density at radius 3 is 2.78 bits per heavy atom. The monoisotopic (exact) mass is 432 g/mol. The zero-order valence-electron chi connectivity index (χ0n) is 18.5. The first kappa shape index (κ1) is 21.9.